The van der Waals surface area contributed by atoms with Crippen LogP contribution in [0.4, 0.5) is 8.78 Å². The molecule has 0 saturated heterocycles. The Labute approximate surface area is 210 Å². The maximum absolute atomic E-state index is 12.9. The summed E-state index contributed by atoms with van der Waals surface area (Å²) in [5.41, 5.74) is 3.05. The smallest absolute Gasteiger partial charge is 0.330 e. The second-order valence-corrected chi connectivity index (χ2v) is 8.34. The van der Waals surface area contributed by atoms with Gasteiger partial charge in [0.15, 0.2) is 5.78 Å². The zero-order valence-electron chi connectivity index (χ0n) is 21.4. The molecule has 2 aromatic rings. The molecule has 2 aromatic carbocycles. The van der Waals surface area contributed by atoms with E-state index in [4.69, 9.17) is 5.11 Å². The zero-order valence-corrected chi connectivity index (χ0v) is 21.4. The summed E-state index contributed by atoms with van der Waals surface area (Å²) in [5.74, 6) is -4.05. The van der Waals surface area contributed by atoms with Gasteiger partial charge in [0.25, 0.3) is 0 Å². The van der Waals surface area contributed by atoms with Gasteiger partial charge in [-0.1, -0.05) is 75.7 Å². The molecule has 0 aliphatic heterocycles. The van der Waals surface area contributed by atoms with Crippen molar-refractivity contribution in [3.05, 3.63) is 70.8 Å². The number of rotatable bonds is 4. The van der Waals surface area contributed by atoms with Crippen molar-refractivity contribution in [3.63, 3.8) is 0 Å². The van der Waals surface area contributed by atoms with Gasteiger partial charge in [-0.15, -0.1) is 0 Å². The molecule has 35 heavy (non-hydrogen) atoms. The van der Waals surface area contributed by atoms with Gasteiger partial charge < -0.3 is 5.11 Å². The molecular formula is C29H42F2O4. The second-order valence-electron chi connectivity index (χ2n) is 8.34. The van der Waals surface area contributed by atoms with Crippen molar-refractivity contribution in [2.24, 2.45) is 11.8 Å². The molecule has 0 aromatic heterocycles. The number of alkyl halides is 2. The van der Waals surface area contributed by atoms with Crippen LogP contribution in [0.1, 0.15) is 83.3 Å². The molecule has 0 spiro atoms. The highest BCUT2D eigenvalue weighted by Gasteiger charge is 2.40. The van der Waals surface area contributed by atoms with Gasteiger partial charge >= 0.3 is 5.92 Å². The number of ketones is 3. The zero-order chi connectivity index (χ0) is 26.6. The van der Waals surface area contributed by atoms with E-state index in [9.17, 15) is 23.2 Å². The van der Waals surface area contributed by atoms with Crippen molar-refractivity contribution in [2.75, 3.05) is 7.11 Å². The number of hydrogen-bond donors (Lipinski definition) is 1. The minimum atomic E-state index is -3.35. The third kappa shape index (κ3) is 7.63. The number of hydrogen-bond acceptors (Lipinski definition) is 4. The Balaban J connectivity index is 0. The van der Waals surface area contributed by atoms with E-state index in [0.29, 0.717) is 12.2 Å². The van der Waals surface area contributed by atoms with Crippen LogP contribution in [0.3, 0.4) is 0 Å². The third-order valence-electron chi connectivity index (χ3n) is 6.29. The highest BCUT2D eigenvalue weighted by molar-refractivity contribution is 6.04. The topological polar surface area (TPSA) is 71.4 Å². The quantitative estimate of drug-likeness (QED) is 0.506. The number of aliphatic hydroxyl groups excluding tert-OH is 1. The number of aliphatic hydroxyl groups is 1. The van der Waals surface area contributed by atoms with Gasteiger partial charge in [0.05, 0.1) is 0 Å². The van der Waals surface area contributed by atoms with E-state index in [1.54, 1.807) is 6.07 Å². The van der Waals surface area contributed by atoms with Crippen LogP contribution in [0.25, 0.3) is 0 Å². The summed E-state index contributed by atoms with van der Waals surface area (Å²) in [6, 6.07) is 13.2. The number of carbonyl (C=O) groups is 3. The van der Waals surface area contributed by atoms with E-state index >= 15 is 0 Å². The lowest BCUT2D eigenvalue weighted by Gasteiger charge is -2.24. The summed E-state index contributed by atoms with van der Waals surface area (Å²) in [6.07, 6.45) is 5.45. The van der Waals surface area contributed by atoms with Crippen LogP contribution in [0.5, 0.6) is 0 Å². The first-order valence-corrected chi connectivity index (χ1v) is 12.3. The second kappa shape index (κ2) is 14.6. The Morgan fingerprint density at radius 1 is 1.03 bits per heavy atom. The number of halogens is 2. The molecule has 4 rings (SSSR count). The lowest BCUT2D eigenvalue weighted by molar-refractivity contribution is -0.141. The first-order chi connectivity index (χ1) is 16.8. The van der Waals surface area contributed by atoms with E-state index in [1.807, 2.05) is 26.0 Å². The molecular weight excluding hydrogens is 450 g/mol. The van der Waals surface area contributed by atoms with Crippen molar-refractivity contribution in [3.8, 4) is 0 Å². The number of benzene rings is 2. The summed E-state index contributed by atoms with van der Waals surface area (Å²) >= 11 is 0. The maximum Gasteiger partial charge on any atom is 0.330 e. The number of aryl methyl sites for hydroxylation is 1. The molecule has 2 unspecified atom stereocenters. The summed E-state index contributed by atoms with van der Waals surface area (Å²) in [4.78, 5) is 35.1. The lowest BCUT2D eigenvalue weighted by atomic mass is 9.77. The van der Waals surface area contributed by atoms with Crippen molar-refractivity contribution in [2.45, 2.75) is 72.1 Å². The molecule has 2 aliphatic rings. The normalized spacial score (nSPS) is 18.6. The minimum absolute atomic E-state index is 0. The number of carbonyl (C=O) groups excluding carboxylic acids is 3. The van der Waals surface area contributed by atoms with E-state index in [0.717, 1.165) is 57.3 Å². The van der Waals surface area contributed by atoms with Gasteiger partial charge in [0.2, 0.25) is 5.78 Å². The summed E-state index contributed by atoms with van der Waals surface area (Å²) in [5, 5.41) is 7.00. The largest absolute Gasteiger partial charge is 0.400 e. The van der Waals surface area contributed by atoms with E-state index in [-0.39, 0.29) is 26.0 Å². The molecule has 6 heteroatoms. The maximum atomic E-state index is 12.9. The fourth-order valence-electron chi connectivity index (χ4n) is 4.42. The molecule has 0 radical (unpaired) electrons. The van der Waals surface area contributed by atoms with Gasteiger partial charge in [0.1, 0.15) is 5.78 Å². The number of fused-ring (bicyclic) bond motifs is 1. The van der Waals surface area contributed by atoms with Crippen molar-refractivity contribution < 1.29 is 31.1 Å². The Bertz CT molecular complexity index is 981. The van der Waals surface area contributed by atoms with E-state index in [1.165, 1.54) is 29.8 Å². The Morgan fingerprint density at radius 3 is 2.20 bits per heavy atom. The van der Waals surface area contributed by atoms with Crippen molar-refractivity contribution in [1.82, 2.24) is 0 Å². The van der Waals surface area contributed by atoms with Crippen LogP contribution < -0.4 is 0 Å². The minimum Gasteiger partial charge on any atom is -0.400 e. The fourth-order valence-corrected chi connectivity index (χ4v) is 4.42. The lowest BCUT2D eigenvalue weighted by Crippen LogP contribution is -2.30. The molecule has 2 aliphatic carbocycles. The fraction of sp³-hybridized carbons (Fsp3) is 0.483. The molecule has 1 fully saturated rings. The van der Waals surface area contributed by atoms with Crippen LogP contribution in [-0.2, 0) is 28.4 Å². The van der Waals surface area contributed by atoms with Crippen molar-refractivity contribution >= 4 is 17.3 Å². The molecule has 196 valence electrons. The number of Topliss-reactive ketones (excluding diaryl/α,β-unsaturated/α-hetero) is 3. The highest BCUT2D eigenvalue weighted by Crippen LogP contribution is 2.37. The van der Waals surface area contributed by atoms with Gasteiger partial charge in [-0.05, 0) is 36.8 Å². The van der Waals surface area contributed by atoms with Gasteiger partial charge in [-0.3, -0.25) is 14.4 Å². The highest BCUT2D eigenvalue weighted by atomic mass is 19.3. The molecule has 0 heterocycles. The molecule has 1 saturated carbocycles. The monoisotopic (exact) mass is 492 g/mol. The van der Waals surface area contributed by atoms with Crippen molar-refractivity contribution in [1.29, 1.82) is 0 Å². The van der Waals surface area contributed by atoms with E-state index < -0.39 is 11.7 Å². The SMILES string of the molecule is CC.CC(=O)C(F)(F)c1ccccc1.CCc1ccc2c(c1)CC(C1CCCCC1=O)C2=O.CO.[HH].[HH]. The summed E-state index contributed by atoms with van der Waals surface area (Å²) in [6.45, 7) is 7.01. The molecule has 4 nitrogen and oxygen atoms in total. The first-order valence-electron chi connectivity index (χ1n) is 12.3. The first kappa shape index (κ1) is 30.3. The predicted octanol–water partition coefficient (Wildman–Crippen LogP) is 6.86. The Kier molecular flexibility index (Phi) is 12.7. The Hall–Kier alpha value is -2.73. The average Bonchev–Trinajstić information content (AvgIpc) is 3.22. The Morgan fingerprint density at radius 2 is 1.66 bits per heavy atom. The van der Waals surface area contributed by atoms with Gasteiger partial charge in [-0.25, -0.2) is 0 Å². The molecule has 1 N–H and O–H groups in total. The van der Waals surface area contributed by atoms with Crippen LogP contribution >= 0.6 is 0 Å². The van der Waals surface area contributed by atoms with Gasteiger partial charge in [0, 0.05) is 46.3 Å². The van der Waals surface area contributed by atoms with Crippen LogP contribution in [-0.4, -0.2) is 29.6 Å². The predicted molar refractivity (Wildman–Crippen MR) is 139 cm³/mol. The standard InChI is InChI=1S/C17H20O2.C9H8F2O.C2H6.CH4O.2H2/c1-2-11-7-8-13-12(9-11)10-15(17(13)19)14-5-3-4-6-16(14)18;1-7(12)9(10,11)8-5-3-2-4-6-8;2*1-2;;/h7-9,14-15H,2-6,10H2,1H3;2-6H,1H3;1-2H3;2H,1H3;2*1H. The summed E-state index contributed by atoms with van der Waals surface area (Å²) < 4.78 is 25.9. The van der Waals surface area contributed by atoms with Gasteiger partial charge in [-0.2, -0.15) is 8.78 Å². The van der Waals surface area contributed by atoms with Crippen LogP contribution in [0.2, 0.25) is 0 Å². The van der Waals surface area contributed by atoms with E-state index in [2.05, 4.69) is 13.0 Å². The van der Waals surface area contributed by atoms with Crippen LogP contribution in [0, 0.1) is 11.8 Å². The average molecular weight is 493 g/mol. The summed E-state index contributed by atoms with van der Waals surface area (Å²) in [7, 11) is 1.00. The van der Waals surface area contributed by atoms with Crippen LogP contribution in [0.15, 0.2) is 48.5 Å². The third-order valence-corrected chi connectivity index (χ3v) is 6.29. The molecule has 0 amide bonds. The molecule has 0 bridgehead atoms. The molecule has 2 atom stereocenters.